The molecule has 1 aromatic heterocycles. The molecule has 4 rings (SSSR count). The SMILES string of the molecule is COc1ccccc1NC(=O)c1ccc2c(c1)C(=Cc1ccco1)C(=O)N2. The highest BCUT2D eigenvalue weighted by Gasteiger charge is 2.25. The third-order valence-electron chi connectivity index (χ3n) is 4.25. The molecule has 0 bridgehead atoms. The smallest absolute Gasteiger partial charge is 0.256 e. The van der Waals surface area contributed by atoms with E-state index in [0.29, 0.717) is 39.6 Å². The van der Waals surface area contributed by atoms with Gasteiger partial charge >= 0.3 is 0 Å². The Bertz CT molecular complexity index is 1050. The lowest BCUT2D eigenvalue weighted by atomic mass is 10.0. The first-order valence-corrected chi connectivity index (χ1v) is 8.31. The fourth-order valence-corrected chi connectivity index (χ4v) is 2.93. The van der Waals surface area contributed by atoms with Crippen LogP contribution in [0.4, 0.5) is 11.4 Å². The number of fused-ring (bicyclic) bond motifs is 1. The fourth-order valence-electron chi connectivity index (χ4n) is 2.93. The predicted octanol–water partition coefficient (Wildman–Crippen LogP) is 4.03. The molecule has 6 nitrogen and oxygen atoms in total. The van der Waals surface area contributed by atoms with Crippen LogP contribution >= 0.6 is 0 Å². The van der Waals surface area contributed by atoms with Crippen LogP contribution in [0.5, 0.6) is 5.75 Å². The first kappa shape index (κ1) is 16.7. The van der Waals surface area contributed by atoms with E-state index in [4.69, 9.17) is 9.15 Å². The molecule has 0 saturated carbocycles. The summed E-state index contributed by atoms with van der Waals surface area (Å²) in [6.07, 6.45) is 3.19. The van der Waals surface area contributed by atoms with Gasteiger partial charge in [-0.25, -0.2) is 0 Å². The van der Waals surface area contributed by atoms with Crippen molar-refractivity contribution in [2.45, 2.75) is 0 Å². The number of methoxy groups -OCH3 is 1. The van der Waals surface area contributed by atoms with Crippen molar-refractivity contribution >= 4 is 34.8 Å². The number of benzene rings is 2. The molecule has 0 saturated heterocycles. The highest BCUT2D eigenvalue weighted by molar-refractivity contribution is 6.35. The molecule has 1 aliphatic rings. The standard InChI is InChI=1S/C21H16N2O4/c1-26-19-7-3-2-6-18(19)23-20(24)13-8-9-17-15(11-13)16(21(25)22-17)12-14-5-4-10-27-14/h2-12H,1H3,(H,22,25)(H,23,24). The van der Waals surface area contributed by atoms with Gasteiger partial charge in [0.1, 0.15) is 11.5 Å². The maximum atomic E-state index is 12.7. The van der Waals surface area contributed by atoms with Crippen molar-refractivity contribution in [3.05, 3.63) is 77.7 Å². The van der Waals surface area contributed by atoms with Crippen molar-refractivity contribution in [1.29, 1.82) is 0 Å². The van der Waals surface area contributed by atoms with Crippen molar-refractivity contribution in [2.24, 2.45) is 0 Å². The zero-order chi connectivity index (χ0) is 18.8. The first-order valence-electron chi connectivity index (χ1n) is 8.31. The van der Waals surface area contributed by atoms with Gasteiger partial charge in [-0.3, -0.25) is 9.59 Å². The van der Waals surface area contributed by atoms with Crippen LogP contribution in [0.25, 0.3) is 11.6 Å². The van der Waals surface area contributed by atoms with E-state index >= 15 is 0 Å². The van der Waals surface area contributed by atoms with Crippen LogP contribution < -0.4 is 15.4 Å². The second kappa shape index (κ2) is 6.84. The van der Waals surface area contributed by atoms with Gasteiger partial charge in [0.2, 0.25) is 0 Å². The lowest BCUT2D eigenvalue weighted by Crippen LogP contribution is -2.12. The molecular weight excluding hydrogens is 344 g/mol. The summed E-state index contributed by atoms with van der Waals surface area (Å²) in [4.78, 5) is 25.0. The molecule has 0 aliphatic carbocycles. The molecule has 6 heteroatoms. The Balaban J connectivity index is 1.66. The fraction of sp³-hybridized carbons (Fsp3) is 0.0476. The predicted molar refractivity (Wildman–Crippen MR) is 103 cm³/mol. The van der Waals surface area contributed by atoms with Gasteiger partial charge < -0.3 is 19.8 Å². The van der Waals surface area contributed by atoms with E-state index in [9.17, 15) is 9.59 Å². The molecule has 2 heterocycles. The van der Waals surface area contributed by atoms with Crippen molar-refractivity contribution in [3.63, 3.8) is 0 Å². The molecule has 3 aromatic rings. The molecule has 1 aliphatic heterocycles. The summed E-state index contributed by atoms with van der Waals surface area (Å²) in [6.45, 7) is 0. The van der Waals surface area contributed by atoms with Crippen molar-refractivity contribution in [2.75, 3.05) is 17.7 Å². The van der Waals surface area contributed by atoms with Crippen molar-refractivity contribution in [1.82, 2.24) is 0 Å². The number of hydrogen-bond acceptors (Lipinski definition) is 4. The molecule has 2 N–H and O–H groups in total. The van der Waals surface area contributed by atoms with Gasteiger partial charge in [-0.05, 0) is 48.5 Å². The number of nitrogens with one attached hydrogen (secondary N) is 2. The van der Waals surface area contributed by atoms with E-state index in [-0.39, 0.29) is 11.8 Å². The molecule has 0 atom stereocenters. The topological polar surface area (TPSA) is 80.6 Å². The van der Waals surface area contributed by atoms with Gasteiger partial charge in [-0.2, -0.15) is 0 Å². The lowest BCUT2D eigenvalue weighted by Gasteiger charge is -2.10. The van der Waals surface area contributed by atoms with Crippen LogP contribution in [0.15, 0.2) is 65.3 Å². The highest BCUT2D eigenvalue weighted by Crippen LogP contribution is 2.34. The summed E-state index contributed by atoms with van der Waals surface area (Å²) in [5.41, 5.74) is 2.77. The molecule has 2 aromatic carbocycles. The van der Waals surface area contributed by atoms with Gasteiger partial charge in [0.25, 0.3) is 11.8 Å². The zero-order valence-electron chi connectivity index (χ0n) is 14.5. The molecule has 27 heavy (non-hydrogen) atoms. The quantitative estimate of drug-likeness (QED) is 0.688. The third-order valence-corrected chi connectivity index (χ3v) is 4.25. The van der Waals surface area contributed by atoms with Gasteiger partial charge in [0.05, 0.1) is 24.6 Å². The average molecular weight is 360 g/mol. The number of amides is 2. The van der Waals surface area contributed by atoms with Crippen LogP contribution in [0.3, 0.4) is 0 Å². The maximum absolute atomic E-state index is 12.7. The summed E-state index contributed by atoms with van der Waals surface area (Å²) in [7, 11) is 1.55. The molecule has 0 spiro atoms. The van der Waals surface area contributed by atoms with E-state index in [0.717, 1.165) is 0 Å². The van der Waals surface area contributed by atoms with Crippen molar-refractivity contribution in [3.8, 4) is 5.75 Å². The molecule has 0 radical (unpaired) electrons. The summed E-state index contributed by atoms with van der Waals surface area (Å²) >= 11 is 0. The number of anilines is 2. The van der Waals surface area contributed by atoms with Crippen LogP contribution in [-0.4, -0.2) is 18.9 Å². The third kappa shape index (κ3) is 3.20. The van der Waals surface area contributed by atoms with Crippen LogP contribution in [0.1, 0.15) is 21.7 Å². The molecule has 0 unspecified atom stereocenters. The minimum Gasteiger partial charge on any atom is -0.495 e. The first-order chi connectivity index (χ1) is 13.2. The van der Waals surface area contributed by atoms with E-state index < -0.39 is 0 Å². The van der Waals surface area contributed by atoms with Crippen LogP contribution in [0, 0.1) is 0 Å². The Morgan fingerprint density at radius 3 is 2.78 bits per heavy atom. The number of para-hydroxylation sites is 2. The maximum Gasteiger partial charge on any atom is 0.256 e. The molecule has 2 amide bonds. The minimum absolute atomic E-state index is 0.233. The number of carbonyl (C=O) groups is 2. The van der Waals surface area contributed by atoms with Gasteiger partial charge in [-0.15, -0.1) is 0 Å². The van der Waals surface area contributed by atoms with Crippen LogP contribution in [-0.2, 0) is 4.79 Å². The Morgan fingerprint density at radius 1 is 1.15 bits per heavy atom. The largest absolute Gasteiger partial charge is 0.495 e. The van der Waals surface area contributed by atoms with Gasteiger partial charge in [-0.1, -0.05) is 12.1 Å². The second-order valence-corrected chi connectivity index (χ2v) is 5.94. The summed E-state index contributed by atoms with van der Waals surface area (Å²) in [5.74, 6) is 0.613. The number of carbonyl (C=O) groups excluding carboxylic acids is 2. The lowest BCUT2D eigenvalue weighted by molar-refractivity contribution is -0.110. The molecule has 0 fully saturated rings. The number of rotatable bonds is 4. The Hall–Kier alpha value is -3.80. The highest BCUT2D eigenvalue weighted by atomic mass is 16.5. The zero-order valence-corrected chi connectivity index (χ0v) is 14.5. The molecule has 134 valence electrons. The van der Waals surface area contributed by atoms with E-state index in [1.807, 2.05) is 12.1 Å². The number of hydrogen-bond donors (Lipinski definition) is 2. The number of ether oxygens (including phenoxy) is 1. The Kier molecular flexibility index (Phi) is 4.22. The normalized spacial score (nSPS) is 14.0. The summed E-state index contributed by atoms with van der Waals surface area (Å²) in [5, 5.41) is 5.63. The van der Waals surface area contributed by atoms with E-state index in [1.165, 1.54) is 6.26 Å². The second-order valence-electron chi connectivity index (χ2n) is 5.94. The van der Waals surface area contributed by atoms with Gasteiger partial charge in [0.15, 0.2) is 0 Å². The van der Waals surface area contributed by atoms with Crippen molar-refractivity contribution < 1.29 is 18.7 Å². The van der Waals surface area contributed by atoms with Crippen LogP contribution in [0.2, 0.25) is 0 Å². The van der Waals surface area contributed by atoms with E-state index in [1.54, 1.807) is 55.7 Å². The molecular formula is C21H16N2O4. The summed E-state index contributed by atoms with van der Waals surface area (Å²) in [6, 6.07) is 15.7. The number of furan rings is 1. The Labute approximate surface area is 155 Å². The minimum atomic E-state index is -0.293. The van der Waals surface area contributed by atoms with Gasteiger partial charge in [0, 0.05) is 16.8 Å². The monoisotopic (exact) mass is 360 g/mol. The summed E-state index contributed by atoms with van der Waals surface area (Å²) < 4.78 is 10.5. The van der Waals surface area contributed by atoms with E-state index in [2.05, 4.69) is 10.6 Å². The Morgan fingerprint density at radius 2 is 2.00 bits per heavy atom. The average Bonchev–Trinajstić information content (AvgIpc) is 3.30.